The summed E-state index contributed by atoms with van der Waals surface area (Å²) in [7, 11) is 4.02. The molecule has 1 saturated carbocycles. The van der Waals surface area contributed by atoms with E-state index in [2.05, 4.69) is 31.0 Å². The van der Waals surface area contributed by atoms with E-state index < -0.39 is 17.8 Å². The number of phenols is 1. The summed E-state index contributed by atoms with van der Waals surface area (Å²) in [5, 5.41) is 14.8. The number of alkyl halides is 2. The van der Waals surface area contributed by atoms with Gasteiger partial charge in [-0.2, -0.15) is 9.97 Å². The Balaban J connectivity index is 1.43. The summed E-state index contributed by atoms with van der Waals surface area (Å²) in [6.07, 6.45) is 8.06. The molecule has 2 aliphatic heterocycles. The summed E-state index contributed by atoms with van der Waals surface area (Å²) < 4.78 is 51.5. The number of nitrogens with zero attached hydrogens (tertiary/aromatic N) is 5. The molecule has 1 aliphatic carbocycles. The lowest BCUT2D eigenvalue weighted by atomic mass is 9.92. The molecule has 2 aromatic heterocycles. The number of anilines is 1. The standard InChI is InChI=1S/C33H33F3N6O2/c1-4-22-25(34)8-5-18-11-21(43)12-23(26(18)22)24-13-37-29-28(27(24)30(35)36)39-32(44-17-33(9-10-33)16-41(2)3)40-31(29)42-14-19-6-7-20(15-42)38-19/h1,5,8,11-13,19-20,30,38,43H,6-7,9-10,14-17H2,2-3H3. The molecule has 3 aliphatic rings. The van der Waals surface area contributed by atoms with Gasteiger partial charge in [0.2, 0.25) is 0 Å². The van der Waals surface area contributed by atoms with Crippen LogP contribution in [0.5, 0.6) is 11.8 Å². The molecule has 11 heteroatoms. The van der Waals surface area contributed by atoms with Crippen molar-refractivity contribution in [2.45, 2.75) is 44.2 Å². The van der Waals surface area contributed by atoms with Crippen LogP contribution in [0.15, 0.2) is 30.5 Å². The SMILES string of the molecule is C#Cc1c(F)ccc2cc(O)cc(-c3cnc4c(N5CC6CCC(C5)N6)nc(OCC5(CN(C)C)CC5)nc4c3C(F)F)c12. The first kappa shape index (κ1) is 28.6. The average Bonchev–Trinajstić information content (AvgIpc) is 3.67. The van der Waals surface area contributed by atoms with Crippen LogP contribution < -0.4 is 15.0 Å². The molecule has 2 unspecified atom stereocenters. The van der Waals surface area contributed by atoms with Crippen LogP contribution in [-0.2, 0) is 0 Å². The Morgan fingerprint density at radius 1 is 1.14 bits per heavy atom. The van der Waals surface area contributed by atoms with Gasteiger partial charge < -0.3 is 25.0 Å². The monoisotopic (exact) mass is 602 g/mol. The quantitative estimate of drug-likeness (QED) is 0.264. The largest absolute Gasteiger partial charge is 0.508 e. The molecule has 4 heterocycles. The third-order valence-corrected chi connectivity index (χ3v) is 9.05. The number of piperazine rings is 1. The summed E-state index contributed by atoms with van der Waals surface area (Å²) in [6, 6.07) is 5.92. The normalized spacial score (nSPS) is 20.5. The zero-order valence-corrected chi connectivity index (χ0v) is 24.6. The van der Waals surface area contributed by atoms with Crippen molar-refractivity contribution in [2.24, 2.45) is 5.41 Å². The number of pyridine rings is 1. The highest BCUT2D eigenvalue weighted by molar-refractivity contribution is 6.04. The Hall–Kier alpha value is -4.14. The van der Waals surface area contributed by atoms with Crippen molar-refractivity contribution < 1.29 is 23.0 Å². The number of halogens is 3. The molecule has 228 valence electrons. The molecule has 4 aromatic rings. The Kier molecular flexibility index (Phi) is 7.02. The molecule has 8 nitrogen and oxygen atoms in total. The number of phenolic OH excluding ortho intramolecular Hbond substituents is 1. The molecule has 2 bridgehead atoms. The minimum atomic E-state index is -2.99. The molecule has 0 radical (unpaired) electrons. The third kappa shape index (κ3) is 5.06. The third-order valence-electron chi connectivity index (χ3n) is 9.05. The summed E-state index contributed by atoms with van der Waals surface area (Å²) >= 11 is 0. The van der Waals surface area contributed by atoms with Crippen molar-refractivity contribution in [3.8, 4) is 35.2 Å². The minimum absolute atomic E-state index is 0.00208. The molecule has 44 heavy (non-hydrogen) atoms. The van der Waals surface area contributed by atoms with Crippen LogP contribution in [0, 0.1) is 23.6 Å². The second-order valence-corrected chi connectivity index (χ2v) is 12.6. The molecule has 3 fully saturated rings. The number of fused-ring (bicyclic) bond motifs is 4. The fourth-order valence-electron chi connectivity index (χ4n) is 6.94. The number of benzene rings is 2. The van der Waals surface area contributed by atoms with Crippen LogP contribution in [0.3, 0.4) is 0 Å². The van der Waals surface area contributed by atoms with E-state index in [-0.39, 0.29) is 62.4 Å². The first-order valence-corrected chi connectivity index (χ1v) is 14.8. The Labute approximate surface area is 253 Å². The topological polar surface area (TPSA) is 86.6 Å². The molecule has 0 spiro atoms. The van der Waals surface area contributed by atoms with E-state index in [1.54, 1.807) is 0 Å². The van der Waals surface area contributed by atoms with Gasteiger partial charge in [-0.15, -0.1) is 6.42 Å². The number of aromatic hydroxyl groups is 1. The number of hydrogen-bond donors (Lipinski definition) is 2. The van der Waals surface area contributed by atoms with Gasteiger partial charge in [0.1, 0.15) is 22.6 Å². The van der Waals surface area contributed by atoms with Crippen LogP contribution in [0.1, 0.15) is 43.2 Å². The van der Waals surface area contributed by atoms with Gasteiger partial charge >= 0.3 is 6.01 Å². The first-order valence-electron chi connectivity index (χ1n) is 14.8. The van der Waals surface area contributed by atoms with Gasteiger partial charge in [0, 0.05) is 54.3 Å². The van der Waals surface area contributed by atoms with Gasteiger partial charge in [-0.3, -0.25) is 4.98 Å². The molecule has 2 N–H and O–H groups in total. The van der Waals surface area contributed by atoms with Gasteiger partial charge in [0.05, 0.1) is 17.7 Å². The Bertz CT molecular complexity index is 1810. The van der Waals surface area contributed by atoms with Crippen LogP contribution in [-0.4, -0.2) is 77.4 Å². The van der Waals surface area contributed by atoms with E-state index in [1.165, 1.54) is 30.5 Å². The van der Waals surface area contributed by atoms with E-state index in [1.807, 2.05) is 14.1 Å². The van der Waals surface area contributed by atoms with Crippen molar-refractivity contribution in [1.82, 2.24) is 25.2 Å². The molecule has 2 saturated heterocycles. The summed E-state index contributed by atoms with van der Waals surface area (Å²) in [5.41, 5.74) is -0.193. The second-order valence-electron chi connectivity index (χ2n) is 12.6. The van der Waals surface area contributed by atoms with E-state index >= 15 is 8.78 Å². The zero-order chi connectivity index (χ0) is 30.7. The molecular weight excluding hydrogens is 569 g/mol. The van der Waals surface area contributed by atoms with Crippen molar-refractivity contribution in [3.63, 3.8) is 0 Å². The van der Waals surface area contributed by atoms with Gasteiger partial charge in [-0.25, -0.2) is 13.2 Å². The van der Waals surface area contributed by atoms with Crippen molar-refractivity contribution in [2.75, 3.05) is 45.2 Å². The lowest BCUT2D eigenvalue weighted by Gasteiger charge is -2.34. The molecule has 0 amide bonds. The number of aromatic nitrogens is 3. The predicted molar refractivity (Wildman–Crippen MR) is 163 cm³/mol. The first-order chi connectivity index (χ1) is 21.1. The molecule has 2 aromatic carbocycles. The maximum Gasteiger partial charge on any atom is 0.319 e. The number of hydrogen-bond acceptors (Lipinski definition) is 8. The average molecular weight is 603 g/mol. The summed E-state index contributed by atoms with van der Waals surface area (Å²) in [5.74, 6) is 1.96. The smallest absolute Gasteiger partial charge is 0.319 e. The van der Waals surface area contributed by atoms with E-state index in [4.69, 9.17) is 16.1 Å². The zero-order valence-electron chi connectivity index (χ0n) is 24.6. The van der Waals surface area contributed by atoms with Crippen LogP contribution in [0.2, 0.25) is 0 Å². The van der Waals surface area contributed by atoms with Crippen molar-refractivity contribution >= 4 is 27.6 Å². The predicted octanol–water partition coefficient (Wildman–Crippen LogP) is 5.27. The molecule has 7 rings (SSSR count). The summed E-state index contributed by atoms with van der Waals surface area (Å²) in [4.78, 5) is 18.2. The van der Waals surface area contributed by atoms with Gasteiger partial charge in [0.25, 0.3) is 6.43 Å². The number of terminal acetylenes is 1. The highest BCUT2D eigenvalue weighted by atomic mass is 19.3. The fourth-order valence-corrected chi connectivity index (χ4v) is 6.94. The van der Waals surface area contributed by atoms with E-state index in [0.29, 0.717) is 30.9 Å². The lowest BCUT2D eigenvalue weighted by Crippen LogP contribution is -2.51. The minimum Gasteiger partial charge on any atom is -0.508 e. The van der Waals surface area contributed by atoms with Crippen molar-refractivity contribution in [1.29, 1.82) is 0 Å². The Morgan fingerprint density at radius 2 is 1.89 bits per heavy atom. The van der Waals surface area contributed by atoms with Crippen LogP contribution in [0.25, 0.3) is 32.9 Å². The highest BCUT2D eigenvalue weighted by Gasteiger charge is 2.44. The van der Waals surface area contributed by atoms with Gasteiger partial charge in [0.15, 0.2) is 5.82 Å². The summed E-state index contributed by atoms with van der Waals surface area (Å²) in [6.45, 7) is 2.51. The number of ether oxygens (including phenoxy) is 1. The maximum absolute atomic E-state index is 15.2. The Morgan fingerprint density at radius 3 is 2.55 bits per heavy atom. The number of nitrogens with one attached hydrogen (secondary N) is 1. The molecule has 2 atom stereocenters. The second kappa shape index (κ2) is 10.8. The fraction of sp³-hybridized carbons (Fsp3) is 0.424. The van der Waals surface area contributed by atoms with Gasteiger partial charge in [-0.05, 0) is 68.9 Å². The van der Waals surface area contributed by atoms with Crippen LogP contribution in [0.4, 0.5) is 19.0 Å². The molecular formula is C33H33F3N6O2. The van der Waals surface area contributed by atoms with Gasteiger partial charge in [-0.1, -0.05) is 12.0 Å². The number of rotatable bonds is 8. The van der Waals surface area contributed by atoms with Crippen LogP contribution >= 0.6 is 0 Å². The van der Waals surface area contributed by atoms with E-state index in [9.17, 15) is 9.50 Å². The lowest BCUT2D eigenvalue weighted by molar-refractivity contribution is 0.153. The maximum atomic E-state index is 15.2. The highest BCUT2D eigenvalue weighted by Crippen LogP contribution is 2.47. The van der Waals surface area contributed by atoms with E-state index in [0.717, 1.165) is 32.2 Å². The van der Waals surface area contributed by atoms with Crippen molar-refractivity contribution in [3.05, 3.63) is 47.4 Å².